The number of hydrogen-bond donors (Lipinski definition) is 2. The van der Waals surface area contributed by atoms with Gasteiger partial charge in [-0.15, -0.1) is 11.3 Å². The van der Waals surface area contributed by atoms with Crippen LogP contribution in [0.1, 0.15) is 10.5 Å². The van der Waals surface area contributed by atoms with E-state index in [-0.39, 0.29) is 5.69 Å². The molecule has 0 saturated carbocycles. The van der Waals surface area contributed by atoms with E-state index in [2.05, 4.69) is 25.5 Å². The molecule has 0 spiro atoms. The zero-order valence-corrected chi connectivity index (χ0v) is 15.3. The molecule has 0 atom stereocenters. The van der Waals surface area contributed by atoms with E-state index in [9.17, 15) is 9.59 Å². The van der Waals surface area contributed by atoms with Crippen molar-refractivity contribution in [3.8, 4) is 22.0 Å². The number of thiazole rings is 1. The van der Waals surface area contributed by atoms with Crippen LogP contribution in [0, 0.1) is 0 Å². The lowest BCUT2D eigenvalue weighted by molar-refractivity contribution is 0.102. The molecule has 10 nitrogen and oxygen atoms in total. The Morgan fingerprint density at radius 1 is 1.25 bits per heavy atom. The number of aromatic nitrogens is 6. The smallest absolute Gasteiger partial charge is 0.432 e. The fourth-order valence-corrected chi connectivity index (χ4v) is 3.28. The quantitative estimate of drug-likeness (QED) is 0.543. The van der Waals surface area contributed by atoms with Gasteiger partial charge in [-0.1, -0.05) is 6.07 Å². The molecule has 28 heavy (non-hydrogen) atoms. The molecule has 0 unspecified atom stereocenters. The predicted octanol–water partition coefficient (Wildman–Crippen LogP) is 2.58. The number of carboxylic acid groups (broad SMARTS) is 1. The van der Waals surface area contributed by atoms with E-state index in [0.29, 0.717) is 27.6 Å². The van der Waals surface area contributed by atoms with Crippen LogP contribution < -0.4 is 5.32 Å². The molecule has 4 heterocycles. The van der Waals surface area contributed by atoms with E-state index < -0.39 is 12.0 Å². The topological polar surface area (TPSA) is 128 Å². The molecule has 0 bridgehead atoms. The van der Waals surface area contributed by atoms with E-state index >= 15 is 0 Å². The van der Waals surface area contributed by atoms with Crippen LogP contribution in [0.25, 0.3) is 22.0 Å². The first-order valence-electron chi connectivity index (χ1n) is 8.01. The minimum atomic E-state index is -1.19. The zero-order chi connectivity index (χ0) is 19.7. The second-order valence-corrected chi connectivity index (χ2v) is 6.59. The first-order valence-corrected chi connectivity index (χ1v) is 8.89. The summed E-state index contributed by atoms with van der Waals surface area (Å²) in [6, 6.07) is 5.44. The number of pyridine rings is 1. The zero-order valence-electron chi connectivity index (χ0n) is 14.5. The van der Waals surface area contributed by atoms with Gasteiger partial charge in [-0.3, -0.25) is 14.5 Å². The predicted molar refractivity (Wildman–Crippen MR) is 101 cm³/mol. The van der Waals surface area contributed by atoms with Gasteiger partial charge in [-0.25, -0.2) is 9.78 Å². The van der Waals surface area contributed by atoms with Crippen LogP contribution in [0.4, 0.5) is 10.5 Å². The maximum atomic E-state index is 12.6. The maximum Gasteiger partial charge on any atom is 0.432 e. The number of amides is 1. The number of hydrogen-bond acceptors (Lipinski definition) is 7. The van der Waals surface area contributed by atoms with Gasteiger partial charge in [-0.05, 0) is 12.1 Å². The third kappa shape index (κ3) is 3.38. The summed E-state index contributed by atoms with van der Waals surface area (Å²) in [6.45, 7) is 0. The van der Waals surface area contributed by atoms with Crippen LogP contribution in [-0.4, -0.2) is 46.6 Å². The van der Waals surface area contributed by atoms with Crippen molar-refractivity contribution in [1.29, 1.82) is 0 Å². The third-order valence-electron chi connectivity index (χ3n) is 3.75. The van der Waals surface area contributed by atoms with Crippen LogP contribution in [-0.2, 0) is 7.05 Å². The molecule has 4 aromatic rings. The molecule has 1 amide bonds. The highest BCUT2D eigenvalue weighted by atomic mass is 32.1. The number of carbonyl (C=O) groups excluding carboxylic acids is 1. The van der Waals surface area contributed by atoms with E-state index in [0.717, 1.165) is 4.68 Å². The molecule has 0 aliphatic heterocycles. The van der Waals surface area contributed by atoms with Gasteiger partial charge in [-0.2, -0.15) is 14.9 Å². The lowest BCUT2D eigenvalue weighted by Gasteiger charge is -2.03. The third-order valence-corrected chi connectivity index (χ3v) is 4.64. The van der Waals surface area contributed by atoms with E-state index in [4.69, 9.17) is 5.11 Å². The summed E-state index contributed by atoms with van der Waals surface area (Å²) in [6.07, 6.45) is 4.86. The van der Waals surface area contributed by atoms with Crippen molar-refractivity contribution in [2.45, 2.75) is 0 Å². The van der Waals surface area contributed by atoms with Gasteiger partial charge in [0.15, 0.2) is 0 Å². The van der Waals surface area contributed by atoms with Crippen LogP contribution in [0.2, 0.25) is 0 Å². The Balaban J connectivity index is 1.57. The molecule has 0 aliphatic carbocycles. The molecular formula is C17H13N7O3S. The summed E-state index contributed by atoms with van der Waals surface area (Å²) in [5, 5.41) is 21.9. The Kier molecular flexibility index (Phi) is 4.41. The number of anilines is 1. The minimum Gasteiger partial charge on any atom is -0.463 e. The van der Waals surface area contributed by atoms with Gasteiger partial charge in [0.25, 0.3) is 5.91 Å². The highest BCUT2D eigenvalue weighted by Crippen LogP contribution is 2.26. The van der Waals surface area contributed by atoms with Crippen molar-refractivity contribution in [1.82, 2.24) is 29.5 Å². The Hall–Kier alpha value is -3.86. The Morgan fingerprint density at radius 3 is 2.82 bits per heavy atom. The van der Waals surface area contributed by atoms with Gasteiger partial charge in [0, 0.05) is 36.6 Å². The van der Waals surface area contributed by atoms with E-state index in [1.165, 1.54) is 23.7 Å². The number of rotatable bonds is 4. The van der Waals surface area contributed by atoms with Crippen molar-refractivity contribution < 1.29 is 14.7 Å². The van der Waals surface area contributed by atoms with E-state index in [1.54, 1.807) is 41.6 Å². The Morgan fingerprint density at radius 2 is 2.11 bits per heavy atom. The average molecular weight is 395 g/mol. The van der Waals surface area contributed by atoms with Crippen LogP contribution >= 0.6 is 11.3 Å². The first kappa shape index (κ1) is 17.5. The molecule has 0 aromatic carbocycles. The molecule has 0 radical (unpaired) electrons. The summed E-state index contributed by atoms with van der Waals surface area (Å²) in [5.74, 6) is -0.404. The van der Waals surface area contributed by atoms with Gasteiger partial charge in [0.2, 0.25) is 0 Å². The standard InChI is InChI=1S/C17H13N7O3S/c1-23-8-12(14(22-23)11-4-2-3-5-18-11)20-15(25)13-9-28-16(21-13)10-6-19-24(7-10)17(26)27/h2-9H,1H3,(H,20,25)(H,26,27). The highest BCUT2D eigenvalue weighted by Gasteiger charge is 2.18. The van der Waals surface area contributed by atoms with Crippen molar-refractivity contribution in [2.75, 3.05) is 5.32 Å². The number of nitrogens with one attached hydrogen (secondary N) is 1. The summed E-state index contributed by atoms with van der Waals surface area (Å²) < 4.78 is 2.37. The maximum absolute atomic E-state index is 12.6. The number of carbonyl (C=O) groups is 2. The molecule has 4 aromatic heterocycles. The lowest BCUT2D eigenvalue weighted by Crippen LogP contribution is -2.12. The van der Waals surface area contributed by atoms with Gasteiger partial charge >= 0.3 is 6.09 Å². The van der Waals surface area contributed by atoms with Crippen molar-refractivity contribution in [3.63, 3.8) is 0 Å². The molecule has 140 valence electrons. The molecule has 0 saturated heterocycles. The molecule has 0 aliphatic rings. The van der Waals surface area contributed by atoms with Crippen molar-refractivity contribution in [2.24, 2.45) is 7.05 Å². The second kappa shape index (κ2) is 7.04. The van der Waals surface area contributed by atoms with Crippen LogP contribution in [0.3, 0.4) is 0 Å². The molecule has 0 fully saturated rings. The minimum absolute atomic E-state index is 0.207. The fourth-order valence-electron chi connectivity index (χ4n) is 2.51. The SMILES string of the molecule is Cn1cc(NC(=O)c2csc(-c3cnn(C(=O)O)c3)n2)c(-c2ccccn2)n1. The molecular weight excluding hydrogens is 382 g/mol. The largest absolute Gasteiger partial charge is 0.463 e. The molecule has 2 N–H and O–H groups in total. The highest BCUT2D eigenvalue weighted by molar-refractivity contribution is 7.13. The summed E-state index contributed by atoms with van der Waals surface area (Å²) in [5.41, 5.74) is 2.42. The Bertz CT molecular complexity index is 1160. The van der Waals surface area contributed by atoms with Crippen LogP contribution in [0.15, 0.2) is 48.4 Å². The second-order valence-electron chi connectivity index (χ2n) is 5.73. The van der Waals surface area contributed by atoms with Crippen molar-refractivity contribution >= 4 is 29.0 Å². The average Bonchev–Trinajstić information content (AvgIpc) is 3.41. The monoisotopic (exact) mass is 395 g/mol. The molecule has 11 heteroatoms. The van der Waals surface area contributed by atoms with Crippen LogP contribution in [0.5, 0.6) is 0 Å². The molecule has 4 rings (SSSR count). The normalized spacial score (nSPS) is 10.8. The summed E-state index contributed by atoms with van der Waals surface area (Å²) in [4.78, 5) is 32.1. The summed E-state index contributed by atoms with van der Waals surface area (Å²) >= 11 is 1.22. The first-order chi connectivity index (χ1) is 13.5. The fraction of sp³-hybridized carbons (Fsp3) is 0.0588. The van der Waals surface area contributed by atoms with E-state index in [1.807, 2.05) is 6.07 Å². The number of aryl methyl sites for hydroxylation is 1. The van der Waals surface area contributed by atoms with Crippen molar-refractivity contribution in [3.05, 3.63) is 54.1 Å². The lowest BCUT2D eigenvalue weighted by atomic mass is 10.2. The van der Waals surface area contributed by atoms with Gasteiger partial charge in [0.1, 0.15) is 16.4 Å². The number of nitrogens with zero attached hydrogens (tertiary/aromatic N) is 6. The van der Waals surface area contributed by atoms with Gasteiger partial charge in [0.05, 0.1) is 17.6 Å². The Labute approximate surface area is 162 Å². The summed E-state index contributed by atoms with van der Waals surface area (Å²) in [7, 11) is 1.75. The van der Waals surface area contributed by atoms with Gasteiger partial charge < -0.3 is 10.4 Å².